The zero-order valence-corrected chi connectivity index (χ0v) is 12.1. The third kappa shape index (κ3) is 4.33. The molecule has 0 aliphatic rings. The maximum atomic E-state index is 12.1. The van der Waals surface area contributed by atoms with Gasteiger partial charge in [0.2, 0.25) is 0 Å². The molecule has 0 saturated carbocycles. The molecule has 0 fully saturated rings. The summed E-state index contributed by atoms with van der Waals surface area (Å²) in [5.41, 5.74) is 7.34. The number of benzene rings is 2. The van der Waals surface area contributed by atoms with Crippen LogP contribution in [0.1, 0.15) is 15.9 Å². The highest BCUT2D eigenvalue weighted by Gasteiger charge is 2.12. The summed E-state index contributed by atoms with van der Waals surface area (Å²) >= 11 is 5.60. The number of rotatable bonds is 5. The molecular formula is C16H15ClN2O2. The van der Waals surface area contributed by atoms with Gasteiger partial charge in [-0.3, -0.25) is 0 Å². The van der Waals surface area contributed by atoms with Crippen molar-refractivity contribution >= 4 is 29.1 Å². The van der Waals surface area contributed by atoms with Gasteiger partial charge in [0, 0.05) is 0 Å². The van der Waals surface area contributed by atoms with Gasteiger partial charge in [-0.1, -0.05) is 42.5 Å². The summed E-state index contributed by atoms with van der Waals surface area (Å²) in [7, 11) is 0. The summed E-state index contributed by atoms with van der Waals surface area (Å²) in [6.07, 6.45) is 0. The average molecular weight is 303 g/mol. The predicted octanol–water partition coefficient (Wildman–Crippen LogP) is 3.27. The molecule has 0 atom stereocenters. The van der Waals surface area contributed by atoms with E-state index in [0.29, 0.717) is 11.3 Å². The first-order valence-corrected chi connectivity index (χ1v) is 6.93. The number of carbonyl (C=O) groups excluding carboxylic acids is 1. The van der Waals surface area contributed by atoms with Gasteiger partial charge in [-0.05, 0) is 17.7 Å². The van der Waals surface area contributed by atoms with E-state index in [1.165, 1.54) is 0 Å². The second-order valence-electron chi connectivity index (χ2n) is 4.32. The van der Waals surface area contributed by atoms with Crippen LogP contribution in [-0.2, 0) is 11.3 Å². The molecule has 0 aliphatic heterocycles. The number of carbonyl (C=O) groups is 1. The Hall–Kier alpha value is -2.33. The maximum absolute atomic E-state index is 12.1. The Morgan fingerprint density at radius 3 is 2.48 bits per heavy atom. The molecule has 0 bridgehead atoms. The standard InChI is InChI=1S/C16H15ClN2O2/c17-10-15(18)19-14-9-5-4-8-13(14)16(20)21-11-12-6-2-1-3-7-12/h1-9H,10-11H2,(H2,18,19). The van der Waals surface area contributed by atoms with Crippen molar-refractivity contribution in [3.63, 3.8) is 0 Å². The van der Waals surface area contributed by atoms with E-state index in [0.717, 1.165) is 5.56 Å². The van der Waals surface area contributed by atoms with Crippen molar-refractivity contribution in [3.05, 3.63) is 65.7 Å². The van der Waals surface area contributed by atoms with Crippen LogP contribution in [0.25, 0.3) is 0 Å². The van der Waals surface area contributed by atoms with E-state index in [2.05, 4.69) is 4.99 Å². The van der Waals surface area contributed by atoms with Crippen LogP contribution in [0.3, 0.4) is 0 Å². The van der Waals surface area contributed by atoms with E-state index in [-0.39, 0.29) is 18.3 Å². The van der Waals surface area contributed by atoms with E-state index in [4.69, 9.17) is 22.1 Å². The van der Waals surface area contributed by atoms with Gasteiger partial charge in [0.15, 0.2) is 0 Å². The van der Waals surface area contributed by atoms with E-state index in [9.17, 15) is 4.79 Å². The van der Waals surface area contributed by atoms with Crippen LogP contribution in [0.5, 0.6) is 0 Å². The highest BCUT2D eigenvalue weighted by atomic mass is 35.5. The van der Waals surface area contributed by atoms with Crippen LogP contribution >= 0.6 is 11.6 Å². The quantitative estimate of drug-likeness (QED) is 0.399. The molecule has 0 aliphatic carbocycles. The van der Waals surface area contributed by atoms with Gasteiger partial charge in [0.25, 0.3) is 0 Å². The number of ether oxygens (including phenoxy) is 1. The first-order valence-electron chi connectivity index (χ1n) is 6.40. The molecule has 4 nitrogen and oxygen atoms in total. The molecule has 0 heterocycles. The number of esters is 1. The number of para-hydroxylation sites is 1. The van der Waals surface area contributed by atoms with Gasteiger partial charge < -0.3 is 10.5 Å². The minimum atomic E-state index is -0.444. The summed E-state index contributed by atoms with van der Waals surface area (Å²) in [5.74, 6) is -0.0894. The first kappa shape index (κ1) is 15.1. The van der Waals surface area contributed by atoms with Gasteiger partial charge in [-0.25, -0.2) is 9.79 Å². The Kier molecular flexibility index (Phi) is 5.35. The van der Waals surface area contributed by atoms with Crippen LogP contribution in [0.2, 0.25) is 0 Å². The molecule has 5 heteroatoms. The lowest BCUT2D eigenvalue weighted by molar-refractivity contribution is 0.0474. The molecule has 2 aromatic rings. The normalized spacial score (nSPS) is 11.2. The van der Waals surface area contributed by atoms with Gasteiger partial charge in [0.05, 0.1) is 17.1 Å². The van der Waals surface area contributed by atoms with Gasteiger partial charge in [-0.2, -0.15) is 0 Å². The van der Waals surface area contributed by atoms with Crippen molar-refractivity contribution in [2.45, 2.75) is 6.61 Å². The molecule has 0 saturated heterocycles. The van der Waals surface area contributed by atoms with Crippen molar-refractivity contribution in [3.8, 4) is 0 Å². The Morgan fingerprint density at radius 1 is 1.10 bits per heavy atom. The fourth-order valence-corrected chi connectivity index (χ4v) is 1.79. The zero-order valence-electron chi connectivity index (χ0n) is 11.3. The third-order valence-electron chi connectivity index (χ3n) is 2.74. The predicted molar refractivity (Wildman–Crippen MR) is 84.0 cm³/mol. The number of aliphatic imine (C=N–C) groups is 1. The monoisotopic (exact) mass is 302 g/mol. The molecular weight excluding hydrogens is 288 g/mol. The van der Waals surface area contributed by atoms with Crippen molar-refractivity contribution < 1.29 is 9.53 Å². The lowest BCUT2D eigenvalue weighted by atomic mass is 10.2. The summed E-state index contributed by atoms with van der Waals surface area (Å²) in [6, 6.07) is 16.3. The van der Waals surface area contributed by atoms with Crippen LogP contribution in [0.15, 0.2) is 59.6 Å². The molecule has 21 heavy (non-hydrogen) atoms. The number of nitrogens with two attached hydrogens (primary N) is 1. The van der Waals surface area contributed by atoms with E-state index in [1.807, 2.05) is 30.3 Å². The minimum absolute atomic E-state index is 0.105. The number of hydrogen-bond donors (Lipinski definition) is 1. The molecule has 2 rings (SSSR count). The van der Waals surface area contributed by atoms with Gasteiger partial charge in [0.1, 0.15) is 12.4 Å². The van der Waals surface area contributed by atoms with Crippen LogP contribution < -0.4 is 5.73 Å². The van der Waals surface area contributed by atoms with Crippen LogP contribution in [0.4, 0.5) is 5.69 Å². The Morgan fingerprint density at radius 2 is 1.76 bits per heavy atom. The molecule has 2 aromatic carbocycles. The summed E-state index contributed by atoms with van der Waals surface area (Å²) in [4.78, 5) is 16.3. The number of nitrogens with zero attached hydrogens (tertiary/aromatic N) is 1. The highest BCUT2D eigenvalue weighted by molar-refractivity contribution is 6.28. The molecule has 108 valence electrons. The maximum Gasteiger partial charge on any atom is 0.340 e. The Labute approximate surface area is 128 Å². The second kappa shape index (κ2) is 7.45. The van der Waals surface area contributed by atoms with Crippen molar-refractivity contribution in [2.24, 2.45) is 10.7 Å². The van der Waals surface area contributed by atoms with Gasteiger partial charge in [-0.15, -0.1) is 11.6 Å². The first-order chi connectivity index (χ1) is 10.2. The number of alkyl halides is 1. The van der Waals surface area contributed by atoms with Crippen LogP contribution in [0, 0.1) is 0 Å². The number of hydrogen-bond acceptors (Lipinski definition) is 3. The second-order valence-corrected chi connectivity index (χ2v) is 4.58. The summed E-state index contributed by atoms with van der Waals surface area (Å²) in [5, 5.41) is 0. The van der Waals surface area contributed by atoms with Gasteiger partial charge >= 0.3 is 5.97 Å². The topological polar surface area (TPSA) is 64.7 Å². The largest absolute Gasteiger partial charge is 0.457 e. The van der Waals surface area contributed by atoms with Crippen LogP contribution in [-0.4, -0.2) is 17.7 Å². The molecule has 0 amide bonds. The molecule has 0 radical (unpaired) electrons. The number of halogens is 1. The third-order valence-corrected chi connectivity index (χ3v) is 3.01. The molecule has 0 unspecified atom stereocenters. The zero-order chi connectivity index (χ0) is 15.1. The molecule has 2 N–H and O–H groups in total. The van der Waals surface area contributed by atoms with Crippen molar-refractivity contribution in [1.29, 1.82) is 0 Å². The Bertz CT molecular complexity index is 642. The molecule has 0 aromatic heterocycles. The lowest BCUT2D eigenvalue weighted by Crippen LogP contribution is -2.13. The Balaban J connectivity index is 2.12. The minimum Gasteiger partial charge on any atom is -0.457 e. The van der Waals surface area contributed by atoms with E-state index >= 15 is 0 Å². The SMILES string of the molecule is NC(CCl)=Nc1ccccc1C(=O)OCc1ccccc1. The number of amidine groups is 1. The highest BCUT2D eigenvalue weighted by Crippen LogP contribution is 2.20. The summed E-state index contributed by atoms with van der Waals surface area (Å²) < 4.78 is 5.29. The smallest absolute Gasteiger partial charge is 0.340 e. The van der Waals surface area contributed by atoms with E-state index < -0.39 is 5.97 Å². The van der Waals surface area contributed by atoms with E-state index in [1.54, 1.807) is 24.3 Å². The molecule has 0 spiro atoms. The van der Waals surface area contributed by atoms with Crippen molar-refractivity contribution in [2.75, 3.05) is 5.88 Å². The van der Waals surface area contributed by atoms with Crippen molar-refractivity contribution in [1.82, 2.24) is 0 Å². The average Bonchev–Trinajstić information content (AvgIpc) is 2.54. The fraction of sp³-hybridized carbons (Fsp3) is 0.125. The summed E-state index contributed by atoms with van der Waals surface area (Å²) in [6.45, 7) is 0.211. The lowest BCUT2D eigenvalue weighted by Gasteiger charge is -2.07. The fourth-order valence-electron chi connectivity index (χ4n) is 1.73.